The van der Waals surface area contributed by atoms with E-state index in [-0.39, 0.29) is 11.9 Å². The molecule has 386 valence electrons. The molecule has 4 aliphatic heterocycles. The summed E-state index contributed by atoms with van der Waals surface area (Å²) >= 11 is 4.74. The Balaban J connectivity index is 1.15. The number of carbonyl (C=O) groups excluding carboxylic acids is 1. The molecule has 0 saturated heterocycles. The first-order chi connectivity index (χ1) is 36.5. The van der Waals surface area contributed by atoms with Crippen LogP contribution in [0.4, 0.5) is 0 Å². The number of hydrogen-bond donors (Lipinski definition) is 5. The van der Waals surface area contributed by atoms with E-state index < -0.39 is 0 Å². The number of rotatable bonds is 22. The molecule has 5 aromatic rings. The predicted octanol–water partition coefficient (Wildman–Crippen LogP) is 7.07. The number of unbranched alkanes of at least 4 members (excludes halogenated alkanes) is 1. The molecular weight excluding hydrogens is 939 g/mol. The van der Waals surface area contributed by atoms with E-state index in [0.29, 0.717) is 71.0 Å². The summed E-state index contributed by atoms with van der Waals surface area (Å²) < 4.78 is 3.77. The van der Waals surface area contributed by atoms with E-state index >= 15 is 0 Å². The lowest BCUT2D eigenvalue weighted by atomic mass is 9.93. The Bertz CT molecular complexity index is 2650. The average molecular weight is 1010 g/mol. The molecule has 1 atom stereocenters. The lowest BCUT2D eigenvalue weighted by molar-refractivity contribution is 0.0953. The maximum absolute atomic E-state index is 12.6. The van der Waals surface area contributed by atoms with Crippen LogP contribution < -0.4 is 26.6 Å². The van der Waals surface area contributed by atoms with E-state index in [1.807, 2.05) is 73.8 Å². The highest BCUT2D eigenvalue weighted by molar-refractivity contribution is 7.47. The van der Waals surface area contributed by atoms with Crippen molar-refractivity contribution in [2.45, 2.75) is 32.2 Å². The third kappa shape index (κ3) is 22.1. The second-order valence-corrected chi connectivity index (χ2v) is 18.1. The zero-order chi connectivity index (χ0) is 51.5. The minimum atomic E-state index is -0.0470. The van der Waals surface area contributed by atoms with E-state index in [9.17, 15) is 4.79 Å². The monoisotopic (exact) mass is 1010 g/mol. The summed E-state index contributed by atoms with van der Waals surface area (Å²) in [5.41, 5.74) is 11.1. The molecule has 0 radical (unpaired) electrons. The van der Waals surface area contributed by atoms with Crippen LogP contribution in [0.2, 0.25) is 0 Å². The van der Waals surface area contributed by atoms with Crippen LogP contribution >= 0.6 is 0 Å². The van der Waals surface area contributed by atoms with Crippen molar-refractivity contribution in [3.05, 3.63) is 165 Å². The second-order valence-electron chi connectivity index (χ2n) is 17.8. The van der Waals surface area contributed by atoms with Crippen LogP contribution in [-0.2, 0) is 12.4 Å². The van der Waals surface area contributed by atoms with Crippen molar-refractivity contribution in [3.8, 4) is 11.1 Å². The molecule has 4 heterocycles. The molecule has 14 nitrogen and oxygen atoms in total. The number of carbonyl (C=O) groups is 1. The van der Waals surface area contributed by atoms with Gasteiger partial charge in [-0.2, -0.15) is 0 Å². The van der Waals surface area contributed by atoms with Gasteiger partial charge >= 0.3 is 0 Å². The fraction of sp³-hybridized carbons (Fsp3) is 0.356. The largest absolute Gasteiger partial charge is 0.352 e. The van der Waals surface area contributed by atoms with Crippen molar-refractivity contribution in [2.24, 2.45) is 39.3 Å². The van der Waals surface area contributed by atoms with Gasteiger partial charge in [-0.15, -0.1) is 0 Å². The molecule has 1 unspecified atom stereocenters. The smallest absolute Gasteiger partial charge is 0.251 e. The lowest BCUT2D eigenvalue weighted by Crippen LogP contribution is -2.28. The van der Waals surface area contributed by atoms with E-state index in [1.165, 1.54) is 5.56 Å². The molecule has 9 rings (SSSR count). The molecule has 15 heteroatoms. The molecule has 0 fully saturated rings. The van der Waals surface area contributed by atoms with Crippen molar-refractivity contribution in [2.75, 3.05) is 105 Å². The fourth-order valence-corrected chi connectivity index (χ4v) is 7.87. The highest BCUT2D eigenvalue weighted by atomic mass is 32.1. The quantitative estimate of drug-likeness (QED) is 0.0366. The van der Waals surface area contributed by atoms with Crippen LogP contribution in [-0.4, -0.2) is 160 Å². The molecule has 0 aromatic heterocycles. The third-order valence-electron chi connectivity index (χ3n) is 11.9. The molecule has 4 bridgehead atoms. The average Bonchev–Trinajstić information content (AvgIpc) is 3.43. The van der Waals surface area contributed by atoms with Crippen LogP contribution in [0.15, 0.2) is 155 Å². The summed E-state index contributed by atoms with van der Waals surface area (Å²) in [7, 11) is 0. The maximum atomic E-state index is 12.6. The van der Waals surface area contributed by atoms with Gasteiger partial charge in [0.25, 0.3) is 5.91 Å². The Labute approximate surface area is 444 Å². The highest BCUT2D eigenvalue weighted by Crippen LogP contribution is 2.28. The van der Waals surface area contributed by atoms with Gasteiger partial charge in [-0.1, -0.05) is 96.6 Å². The fourth-order valence-electron chi connectivity index (χ4n) is 7.78. The van der Waals surface area contributed by atoms with Crippen LogP contribution in [0, 0.1) is 6.92 Å². The van der Waals surface area contributed by atoms with Crippen LogP contribution in [0.1, 0.15) is 74.1 Å². The van der Waals surface area contributed by atoms with Gasteiger partial charge in [0.05, 0.1) is 51.9 Å². The minimum Gasteiger partial charge on any atom is -0.352 e. The van der Waals surface area contributed by atoms with E-state index in [4.69, 9.17) is 37.4 Å². The van der Waals surface area contributed by atoms with E-state index in [2.05, 4.69) is 133 Å². The van der Waals surface area contributed by atoms with Gasteiger partial charge in [-0.25, -0.2) is 4.36 Å². The number of nitrogens with one attached hydrogen (secondary N) is 5. The van der Waals surface area contributed by atoms with Gasteiger partial charge in [0.1, 0.15) is 0 Å². The Morgan fingerprint density at radius 3 is 1.93 bits per heavy atom. The van der Waals surface area contributed by atoms with Gasteiger partial charge < -0.3 is 26.6 Å². The molecule has 0 spiro atoms. The van der Waals surface area contributed by atoms with Crippen molar-refractivity contribution >= 4 is 61.8 Å². The topological polar surface area (TPSA) is 176 Å². The SMILES string of the molecule is Cc1ccc(C=NCCNCCN=Cc2ccc(C=NCCNCCN=S)c(-c3cc4ccc3C=NCCNCC(CCCCNC(=O)c3ccccc3)N=Cc3ccc(cc3)C=NCCNCCN=C4)c2)cc1. The number of hydrogen-bond acceptors (Lipinski definition) is 14. The van der Waals surface area contributed by atoms with E-state index in [0.717, 1.165) is 109 Å². The Morgan fingerprint density at radius 2 is 1.22 bits per heavy atom. The molecule has 5 aromatic carbocycles. The molecular formula is C59H73N13OS. The van der Waals surface area contributed by atoms with Gasteiger partial charge in [0, 0.05) is 132 Å². The van der Waals surface area contributed by atoms with Gasteiger partial charge in [-0.3, -0.25) is 39.7 Å². The summed E-state index contributed by atoms with van der Waals surface area (Å²) in [6.45, 7) is 13.0. The molecule has 0 aliphatic carbocycles. The standard InChI is InChI=1S/C59H73N13OS/c1-47-10-12-48(13-11-47)39-63-28-23-60-25-30-65-41-51-18-20-54(44-67-32-27-62-35-36-72-74)57(37-51)58-38-52-19-21-55(58)45-68-33-34-69-46-56(9-5-6-22-70-59(73)53-7-3-2-4-8-53)71-43-50-16-14-49(15-17-50)40-64-29-24-61-26-31-66-42-52/h2-4,7-8,10-21,37-45,56,60-62,69H,5-6,9,22-36,46H2,1H3,(H,70,73). The predicted molar refractivity (Wildman–Crippen MR) is 314 cm³/mol. The summed E-state index contributed by atoms with van der Waals surface area (Å²) in [4.78, 5) is 46.2. The summed E-state index contributed by atoms with van der Waals surface area (Å²) in [6, 6.07) is 38.9. The van der Waals surface area contributed by atoms with Gasteiger partial charge in [0.15, 0.2) is 0 Å². The van der Waals surface area contributed by atoms with Crippen LogP contribution in [0.3, 0.4) is 0 Å². The Hall–Kier alpha value is -6.88. The maximum Gasteiger partial charge on any atom is 0.251 e. The molecule has 0 saturated carbocycles. The summed E-state index contributed by atoms with van der Waals surface area (Å²) in [6.07, 6.45) is 16.3. The first-order valence-corrected chi connectivity index (χ1v) is 26.3. The minimum absolute atomic E-state index is 0.0470. The zero-order valence-corrected chi connectivity index (χ0v) is 43.7. The normalized spacial score (nSPS) is 15.0. The van der Waals surface area contributed by atoms with Crippen LogP contribution in [0.5, 0.6) is 0 Å². The lowest BCUT2D eigenvalue weighted by Gasteiger charge is -2.14. The second kappa shape index (κ2) is 34.5. The molecule has 4 aliphatic rings. The highest BCUT2D eigenvalue weighted by Gasteiger charge is 2.12. The van der Waals surface area contributed by atoms with E-state index in [1.54, 1.807) is 0 Å². The molecule has 1 amide bonds. The van der Waals surface area contributed by atoms with Crippen molar-refractivity contribution in [1.29, 1.82) is 0 Å². The Morgan fingerprint density at radius 1 is 0.608 bits per heavy atom. The number of nitrogens with zero attached hydrogens (tertiary/aromatic N) is 8. The number of amides is 1. The third-order valence-corrected chi connectivity index (χ3v) is 12.0. The molecule has 74 heavy (non-hydrogen) atoms. The van der Waals surface area contributed by atoms with Gasteiger partial charge in [0.2, 0.25) is 0 Å². The van der Waals surface area contributed by atoms with Crippen LogP contribution in [0.25, 0.3) is 11.1 Å². The van der Waals surface area contributed by atoms with Crippen molar-refractivity contribution in [1.82, 2.24) is 26.6 Å². The number of benzene rings is 5. The first kappa shape index (κ1) is 56.4. The summed E-state index contributed by atoms with van der Waals surface area (Å²) in [5.74, 6) is -0.0470. The van der Waals surface area contributed by atoms with Gasteiger partial charge in [-0.05, 0) is 89.4 Å². The van der Waals surface area contributed by atoms with Crippen molar-refractivity contribution < 1.29 is 4.79 Å². The summed E-state index contributed by atoms with van der Waals surface area (Å²) in [5, 5.41) is 17.0. The zero-order valence-electron chi connectivity index (χ0n) is 42.9. The number of aryl methyl sites for hydroxylation is 1. The van der Waals surface area contributed by atoms with Crippen molar-refractivity contribution in [3.63, 3.8) is 0 Å². The first-order valence-electron chi connectivity index (χ1n) is 26.0. The Kier molecular flexibility index (Phi) is 26.3. The molecule has 5 N–H and O–H groups in total. The number of aliphatic imine (C=N–C) groups is 7.